The summed E-state index contributed by atoms with van der Waals surface area (Å²) in [6.45, 7) is 0.664. The molecule has 27 heavy (non-hydrogen) atoms. The van der Waals surface area contributed by atoms with Gasteiger partial charge in [0, 0.05) is 25.2 Å². The van der Waals surface area contributed by atoms with E-state index in [9.17, 15) is 18.0 Å². The predicted molar refractivity (Wildman–Crippen MR) is 98.6 cm³/mol. The predicted octanol–water partition coefficient (Wildman–Crippen LogP) is 1.42. The van der Waals surface area contributed by atoms with Crippen LogP contribution in [0.5, 0.6) is 0 Å². The lowest BCUT2D eigenvalue weighted by Crippen LogP contribution is -2.45. The first-order chi connectivity index (χ1) is 13.0. The van der Waals surface area contributed by atoms with Crippen LogP contribution in [-0.4, -0.2) is 48.8 Å². The molecule has 9 nitrogen and oxygen atoms in total. The Hall–Kier alpha value is -2.24. The highest BCUT2D eigenvalue weighted by atomic mass is 32.2. The Balaban J connectivity index is 1.54. The summed E-state index contributed by atoms with van der Waals surface area (Å²) in [5.74, 6) is -1.51. The summed E-state index contributed by atoms with van der Waals surface area (Å²) >= 11 is 1.19. The third kappa shape index (κ3) is 4.73. The first-order valence-electron chi connectivity index (χ1n) is 8.53. The average Bonchev–Trinajstić information content (AvgIpc) is 3.36. The van der Waals surface area contributed by atoms with Gasteiger partial charge in [-0.15, -0.1) is 11.3 Å². The van der Waals surface area contributed by atoms with Crippen molar-refractivity contribution in [3.8, 4) is 0 Å². The number of piperidine rings is 1. The SMILES string of the molecule is O=C(NCCC1CCCCN1S(=O)(=O)c1cccs1)C(=O)Nc1ccon1. The molecule has 2 N–H and O–H groups in total. The summed E-state index contributed by atoms with van der Waals surface area (Å²) in [6.07, 6.45) is 4.19. The molecule has 1 unspecified atom stereocenters. The largest absolute Gasteiger partial charge is 0.363 e. The normalized spacial score (nSPS) is 18.1. The number of rotatable bonds is 6. The van der Waals surface area contributed by atoms with Crippen LogP contribution in [-0.2, 0) is 19.6 Å². The van der Waals surface area contributed by atoms with Gasteiger partial charge >= 0.3 is 11.8 Å². The third-order valence-corrected chi connectivity index (χ3v) is 7.60. The number of carbonyl (C=O) groups is 2. The maximum Gasteiger partial charge on any atom is 0.314 e. The van der Waals surface area contributed by atoms with Crippen LogP contribution in [0.25, 0.3) is 0 Å². The molecule has 1 atom stereocenters. The molecule has 0 saturated carbocycles. The van der Waals surface area contributed by atoms with Crippen molar-refractivity contribution in [3.63, 3.8) is 0 Å². The van der Waals surface area contributed by atoms with Crippen molar-refractivity contribution in [2.75, 3.05) is 18.4 Å². The van der Waals surface area contributed by atoms with Gasteiger partial charge in [0.25, 0.3) is 10.0 Å². The Bertz CT molecular complexity index is 865. The van der Waals surface area contributed by atoms with E-state index in [1.165, 1.54) is 28.0 Å². The third-order valence-electron chi connectivity index (χ3n) is 4.28. The number of hydrogen-bond donors (Lipinski definition) is 2. The van der Waals surface area contributed by atoms with Gasteiger partial charge in [-0.2, -0.15) is 4.31 Å². The number of carbonyl (C=O) groups excluding carboxylic acids is 2. The first kappa shape index (κ1) is 19.5. The fourth-order valence-corrected chi connectivity index (χ4v) is 5.83. The Morgan fingerprint density at radius 2 is 2.15 bits per heavy atom. The second-order valence-corrected chi connectivity index (χ2v) is 9.15. The molecule has 1 aliphatic rings. The van der Waals surface area contributed by atoms with E-state index < -0.39 is 21.8 Å². The molecule has 2 amide bonds. The summed E-state index contributed by atoms with van der Waals surface area (Å²) in [4.78, 5) is 23.6. The summed E-state index contributed by atoms with van der Waals surface area (Å²) in [7, 11) is -3.53. The van der Waals surface area contributed by atoms with E-state index in [-0.39, 0.29) is 18.4 Å². The fourth-order valence-electron chi connectivity index (χ4n) is 2.99. The number of aromatic nitrogens is 1. The van der Waals surface area contributed by atoms with E-state index >= 15 is 0 Å². The van der Waals surface area contributed by atoms with Gasteiger partial charge in [0.15, 0.2) is 5.82 Å². The summed E-state index contributed by atoms with van der Waals surface area (Å²) in [5, 5.41) is 10.1. The number of amides is 2. The monoisotopic (exact) mass is 412 g/mol. The van der Waals surface area contributed by atoms with Crippen LogP contribution in [0.3, 0.4) is 0 Å². The minimum absolute atomic E-state index is 0.149. The van der Waals surface area contributed by atoms with Crippen LogP contribution < -0.4 is 10.6 Å². The van der Waals surface area contributed by atoms with Crippen molar-refractivity contribution in [2.24, 2.45) is 0 Å². The Morgan fingerprint density at radius 1 is 1.30 bits per heavy atom. The molecule has 1 aliphatic heterocycles. The lowest BCUT2D eigenvalue weighted by atomic mass is 10.0. The number of hydrogen-bond acceptors (Lipinski definition) is 7. The maximum atomic E-state index is 12.8. The van der Waals surface area contributed by atoms with Crippen LogP contribution >= 0.6 is 11.3 Å². The first-order valence-corrected chi connectivity index (χ1v) is 10.9. The Labute approximate surface area is 160 Å². The second kappa shape index (κ2) is 8.63. The lowest BCUT2D eigenvalue weighted by Gasteiger charge is -2.34. The van der Waals surface area contributed by atoms with Gasteiger partial charge in [-0.05, 0) is 30.7 Å². The number of sulfonamides is 1. The molecule has 1 saturated heterocycles. The quantitative estimate of drug-likeness (QED) is 0.692. The maximum absolute atomic E-state index is 12.8. The van der Waals surface area contributed by atoms with Crippen LogP contribution in [0.1, 0.15) is 25.7 Å². The Kier molecular flexibility index (Phi) is 6.24. The molecule has 1 fully saturated rings. The van der Waals surface area contributed by atoms with Gasteiger partial charge in [0.1, 0.15) is 10.5 Å². The highest BCUT2D eigenvalue weighted by Crippen LogP contribution is 2.28. The van der Waals surface area contributed by atoms with Crippen LogP contribution in [0.2, 0.25) is 0 Å². The topological polar surface area (TPSA) is 122 Å². The van der Waals surface area contributed by atoms with E-state index in [0.29, 0.717) is 17.2 Å². The molecule has 0 aromatic carbocycles. The number of nitrogens with one attached hydrogen (secondary N) is 2. The van der Waals surface area contributed by atoms with Crippen molar-refractivity contribution in [1.29, 1.82) is 0 Å². The minimum Gasteiger partial charge on any atom is -0.363 e. The minimum atomic E-state index is -3.53. The number of thiophene rings is 1. The molecule has 146 valence electrons. The molecule has 0 radical (unpaired) electrons. The van der Waals surface area contributed by atoms with E-state index in [0.717, 1.165) is 19.3 Å². The summed E-state index contributed by atoms with van der Waals surface area (Å²) in [5.41, 5.74) is 0. The highest BCUT2D eigenvalue weighted by molar-refractivity contribution is 7.91. The van der Waals surface area contributed by atoms with Gasteiger partial charge in [-0.1, -0.05) is 17.6 Å². The summed E-state index contributed by atoms with van der Waals surface area (Å²) in [6, 6.07) is 4.52. The second-order valence-electron chi connectivity index (χ2n) is 6.08. The zero-order valence-electron chi connectivity index (χ0n) is 14.5. The average molecular weight is 412 g/mol. The van der Waals surface area contributed by atoms with Crippen LogP contribution in [0.4, 0.5) is 5.82 Å². The molecule has 3 rings (SSSR count). The van der Waals surface area contributed by atoms with E-state index in [1.807, 2.05) is 0 Å². The lowest BCUT2D eigenvalue weighted by molar-refractivity contribution is -0.136. The zero-order valence-corrected chi connectivity index (χ0v) is 16.1. The van der Waals surface area contributed by atoms with Crippen LogP contribution in [0, 0.1) is 0 Å². The molecule has 3 heterocycles. The van der Waals surface area contributed by atoms with Crippen molar-refractivity contribution in [3.05, 3.63) is 29.8 Å². The number of anilines is 1. The molecule has 0 aliphatic carbocycles. The zero-order chi connectivity index (χ0) is 19.3. The van der Waals surface area contributed by atoms with Crippen LogP contribution in [0.15, 0.2) is 38.6 Å². The Morgan fingerprint density at radius 3 is 2.85 bits per heavy atom. The van der Waals surface area contributed by atoms with Crippen molar-refractivity contribution in [2.45, 2.75) is 35.9 Å². The van der Waals surface area contributed by atoms with Crippen molar-refractivity contribution >= 4 is 39.0 Å². The highest BCUT2D eigenvalue weighted by Gasteiger charge is 2.33. The van der Waals surface area contributed by atoms with Gasteiger partial charge < -0.3 is 9.84 Å². The molecule has 2 aromatic heterocycles. The molecule has 0 bridgehead atoms. The van der Waals surface area contributed by atoms with Gasteiger partial charge in [0.05, 0.1) is 0 Å². The van der Waals surface area contributed by atoms with E-state index in [1.54, 1.807) is 17.5 Å². The number of nitrogens with zero attached hydrogens (tertiary/aromatic N) is 2. The van der Waals surface area contributed by atoms with Crippen molar-refractivity contribution in [1.82, 2.24) is 14.8 Å². The van der Waals surface area contributed by atoms with Crippen molar-refractivity contribution < 1.29 is 22.5 Å². The fraction of sp³-hybridized carbons (Fsp3) is 0.438. The van der Waals surface area contributed by atoms with Gasteiger partial charge in [-0.25, -0.2) is 8.42 Å². The molecule has 0 spiro atoms. The molecule has 11 heteroatoms. The van der Waals surface area contributed by atoms with E-state index in [4.69, 9.17) is 0 Å². The van der Waals surface area contributed by atoms with Gasteiger partial charge in [0.2, 0.25) is 0 Å². The van der Waals surface area contributed by atoms with Gasteiger partial charge in [-0.3, -0.25) is 14.9 Å². The smallest absolute Gasteiger partial charge is 0.314 e. The van der Waals surface area contributed by atoms with E-state index in [2.05, 4.69) is 20.3 Å². The molecular weight excluding hydrogens is 392 g/mol. The summed E-state index contributed by atoms with van der Waals surface area (Å²) < 4.78 is 32.0. The molecular formula is C16H20N4O5S2. The standard InChI is InChI=1S/C16H20N4O5S2/c21-15(16(22)18-13-7-10-25-19-13)17-8-6-12-4-1-2-9-20(12)27(23,24)14-5-3-11-26-14/h3,5,7,10-12H,1-2,4,6,8-9H2,(H,17,21)(H,18,19,22). The molecule has 2 aromatic rings.